The summed E-state index contributed by atoms with van der Waals surface area (Å²) in [5.41, 5.74) is 16.5. The number of hydrogen-bond donors (Lipinski definition) is 0. The largest absolute Gasteiger partial charge is 0.309 e. The molecule has 0 aliphatic heterocycles. The standard InChI is InChI=1S/C46H35N3/c1-45(2)36-22-11-8-19-31(36)33-25-26-34-32-20-10-13-24-38(32)49(42(34)40(33)45)30-18-14-17-29(27-30)41-39-35-21-9-12-23-37(35)46(3,4)43(39)48-44(47-41)28-15-6-5-7-16-28/h5-27H,1-4H3. The first-order valence-electron chi connectivity index (χ1n) is 17.2. The second-order valence-corrected chi connectivity index (χ2v) is 14.6. The first kappa shape index (κ1) is 28.2. The fourth-order valence-electron chi connectivity index (χ4n) is 8.84. The van der Waals surface area contributed by atoms with Crippen LogP contribution >= 0.6 is 0 Å². The Kier molecular flexibility index (Phi) is 5.69. The third-order valence-electron chi connectivity index (χ3n) is 11.1. The van der Waals surface area contributed by atoms with Gasteiger partial charge in [-0.05, 0) is 51.6 Å². The molecule has 0 saturated heterocycles. The van der Waals surface area contributed by atoms with Crippen LogP contribution in [0.2, 0.25) is 0 Å². The fraction of sp³-hybridized carbons (Fsp3) is 0.130. The van der Waals surface area contributed by atoms with E-state index in [4.69, 9.17) is 9.97 Å². The van der Waals surface area contributed by atoms with E-state index in [1.807, 2.05) is 6.07 Å². The van der Waals surface area contributed by atoms with Crippen LogP contribution in [0, 0.1) is 0 Å². The van der Waals surface area contributed by atoms with Crippen LogP contribution in [-0.2, 0) is 10.8 Å². The van der Waals surface area contributed by atoms with Gasteiger partial charge in [0.15, 0.2) is 5.82 Å². The number of aromatic nitrogens is 3. The maximum Gasteiger partial charge on any atom is 0.160 e. The molecule has 0 saturated carbocycles. The number of nitrogens with zero attached hydrogens (tertiary/aromatic N) is 3. The van der Waals surface area contributed by atoms with Crippen molar-refractivity contribution in [3.8, 4) is 50.6 Å². The van der Waals surface area contributed by atoms with E-state index in [1.54, 1.807) is 0 Å². The Bertz CT molecular complexity index is 2660. The minimum absolute atomic E-state index is 0.150. The summed E-state index contributed by atoms with van der Waals surface area (Å²) in [4.78, 5) is 10.7. The minimum Gasteiger partial charge on any atom is -0.309 e. The Morgan fingerprint density at radius 1 is 0.510 bits per heavy atom. The summed E-state index contributed by atoms with van der Waals surface area (Å²) >= 11 is 0. The van der Waals surface area contributed by atoms with Crippen LogP contribution in [0.4, 0.5) is 0 Å². The van der Waals surface area contributed by atoms with Crippen molar-refractivity contribution in [2.45, 2.75) is 38.5 Å². The predicted molar refractivity (Wildman–Crippen MR) is 202 cm³/mol. The number of fused-ring (bicyclic) bond motifs is 10. The fourth-order valence-corrected chi connectivity index (χ4v) is 8.84. The molecule has 0 radical (unpaired) electrons. The van der Waals surface area contributed by atoms with Crippen LogP contribution in [0.5, 0.6) is 0 Å². The van der Waals surface area contributed by atoms with Crippen molar-refractivity contribution < 1.29 is 0 Å². The summed E-state index contributed by atoms with van der Waals surface area (Å²) in [6, 6.07) is 50.6. The monoisotopic (exact) mass is 629 g/mol. The molecule has 3 heteroatoms. The zero-order chi connectivity index (χ0) is 33.1. The van der Waals surface area contributed by atoms with Gasteiger partial charge in [0.05, 0.1) is 22.4 Å². The molecule has 49 heavy (non-hydrogen) atoms. The topological polar surface area (TPSA) is 30.7 Å². The zero-order valence-electron chi connectivity index (χ0n) is 28.1. The highest BCUT2D eigenvalue weighted by molar-refractivity contribution is 6.13. The molecule has 8 aromatic rings. The van der Waals surface area contributed by atoms with Crippen LogP contribution in [0.3, 0.4) is 0 Å². The van der Waals surface area contributed by atoms with Gasteiger partial charge in [-0.15, -0.1) is 0 Å². The Hall–Kier alpha value is -5.80. The molecule has 0 amide bonds. The second-order valence-electron chi connectivity index (χ2n) is 14.6. The van der Waals surface area contributed by atoms with Gasteiger partial charge in [0.2, 0.25) is 0 Å². The van der Waals surface area contributed by atoms with E-state index in [9.17, 15) is 0 Å². The molecular formula is C46H35N3. The molecule has 2 aliphatic carbocycles. The predicted octanol–water partition coefficient (Wildman–Crippen LogP) is 11.5. The highest BCUT2D eigenvalue weighted by atomic mass is 15.0. The van der Waals surface area contributed by atoms with Crippen LogP contribution in [-0.4, -0.2) is 14.5 Å². The zero-order valence-corrected chi connectivity index (χ0v) is 28.1. The van der Waals surface area contributed by atoms with E-state index in [2.05, 4.69) is 166 Å². The molecule has 2 aliphatic rings. The van der Waals surface area contributed by atoms with Crippen LogP contribution in [0.15, 0.2) is 140 Å². The SMILES string of the molecule is CC1(C)c2ccccc2-c2c(-c3cccc(-n4c5ccccc5c5ccc6c(c54)C(C)(C)c4ccccc4-6)c3)nc(-c3ccccc3)nc21. The number of hydrogen-bond acceptors (Lipinski definition) is 2. The molecule has 2 heterocycles. The lowest BCUT2D eigenvalue weighted by molar-refractivity contribution is 0.636. The van der Waals surface area contributed by atoms with Gasteiger partial charge in [0.25, 0.3) is 0 Å². The molecule has 3 nitrogen and oxygen atoms in total. The van der Waals surface area contributed by atoms with Gasteiger partial charge in [0, 0.05) is 44.0 Å². The van der Waals surface area contributed by atoms with Crippen molar-refractivity contribution >= 4 is 21.8 Å². The minimum atomic E-state index is -0.251. The first-order chi connectivity index (χ1) is 23.8. The van der Waals surface area contributed by atoms with Crippen LogP contribution in [0.1, 0.15) is 50.1 Å². The Labute approximate surface area is 286 Å². The molecular weight excluding hydrogens is 595 g/mol. The van der Waals surface area contributed by atoms with Crippen LogP contribution < -0.4 is 0 Å². The normalized spacial score (nSPS) is 14.9. The first-order valence-corrected chi connectivity index (χ1v) is 17.2. The van der Waals surface area contributed by atoms with Crippen molar-refractivity contribution in [3.63, 3.8) is 0 Å². The maximum absolute atomic E-state index is 5.38. The van der Waals surface area contributed by atoms with Crippen LogP contribution in [0.25, 0.3) is 72.4 Å². The summed E-state index contributed by atoms with van der Waals surface area (Å²) in [6.07, 6.45) is 0. The molecule has 0 N–H and O–H groups in total. The average molecular weight is 630 g/mol. The van der Waals surface area contributed by atoms with Crippen molar-refractivity contribution in [3.05, 3.63) is 162 Å². The molecule has 0 spiro atoms. The molecule has 234 valence electrons. The van der Waals surface area contributed by atoms with E-state index < -0.39 is 0 Å². The lowest BCUT2D eigenvalue weighted by Gasteiger charge is -2.24. The molecule has 10 rings (SSSR count). The summed E-state index contributed by atoms with van der Waals surface area (Å²) in [7, 11) is 0. The summed E-state index contributed by atoms with van der Waals surface area (Å²) in [5.74, 6) is 0.759. The van der Waals surface area contributed by atoms with Crippen molar-refractivity contribution in [1.82, 2.24) is 14.5 Å². The third kappa shape index (κ3) is 3.79. The Morgan fingerprint density at radius 3 is 2.00 bits per heavy atom. The lowest BCUT2D eigenvalue weighted by atomic mass is 9.81. The molecule has 2 aromatic heterocycles. The number of rotatable bonds is 3. The smallest absolute Gasteiger partial charge is 0.160 e. The van der Waals surface area contributed by atoms with Gasteiger partial charge < -0.3 is 4.57 Å². The van der Waals surface area contributed by atoms with Crippen molar-refractivity contribution in [2.24, 2.45) is 0 Å². The van der Waals surface area contributed by atoms with E-state index >= 15 is 0 Å². The second kappa shape index (κ2) is 9.87. The Morgan fingerprint density at radius 2 is 1.18 bits per heavy atom. The Balaban J connectivity index is 1.27. The maximum atomic E-state index is 5.38. The highest BCUT2D eigenvalue weighted by Crippen LogP contribution is 2.54. The molecule has 0 bridgehead atoms. The van der Waals surface area contributed by atoms with Crippen molar-refractivity contribution in [2.75, 3.05) is 0 Å². The summed E-state index contributed by atoms with van der Waals surface area (Å²) in [5, 5.41) is 2.55. The molecule has 6 aromatic carbocycles. The van der Waals surface area contributed by atoms with E-state index in [1.165, 1.54) is 55.2 Å². The van der Waals surface area contributed by atoms with E-state index in [0.717, 1.165) is 39.6 Å². The lowest BCUT2D eigenvalue weighted by Crippen LogP contribution is -2.17. The summed E-state index contributed by atoms with van der Waals surface area (Å²) in [6.45, 7) is 9.34. The highest BCUT2D eigenvalue weighted by Gasteiger charge is 2.40. The molecule has 0 unspecified atom stereocenters. The van der Waals surface area contributed by atoms with E-state index in [-0.39, 0.29) is 10.8 Å². The third-order valence-corrected chi connectivity index (χ3v) is 11.1. The van der Waals surface area contributed by atoms with Crippen molar-refractivity contribution in [1.29, 1.82) is 0 Å². The van der Waals surface area contributed by atoms with Gasteiger partial charge >= 0.3 is 0 Å². The molecule has 0 fully saturated rings. The van der Waals surface area contributed by atoms with Gasteiger partial charge in [-0.1, -0.05) is 149 Å². The quantitative estimate of drug-likeness (QED) is 0.195. The number of benzene rings is 6. The van der Waals surface area contributed by atoms with Gasteiger partial charge in [-0.25, -0.2) is 9.97 Å². The molecule has 0 atom stereocenters. The van der Waals surface area contributed by atoms with Gasteiger partial charge in [0.1, 0.15) is 0 Å². The van der Waals surface area contributed by atoms with Gasteiger partial charge in [-0.3, -0.25) is 0 Å². The number of para-hydroxylation sites is 1. The average Bonchev–Trinajstić information content (AvgIpc) is 3.69. The van der Waals surface area contributed by atoms with Gasteiger partial charge in [-0.2, -0.15) is 0 Å². The summed E-state index contributed by atoms with van der Waals surface area (Å²) < 4.78 is 2.50. The van der Waals surface area contributed by atoms with E-state index in [0.29, 0.717) is 0 Å².